The van der Waals surface area contributed by atoms with Crippen LogP contribution >= 0.6 is 0 Å². The molecule has 18 heavy (non-hydrogen) atoms. The number of aryl methyl sites for hydroxylation is 1. The maximum absolute atomic E-state index is 11.1. The molecule has 1 aliphatic rings. The van der Waals surface area contributed by atoms with Gasteiger partial charge in [0.2, 0.25) is 0 Å². The maximum Gasteiger partial charge on any atom is 0.339 e. The van der Waals surface area contributed by atoms with Gasteiger partial charge in [0.1, 0.15) is 11.4 Å². The number of carboxylic acid groups (broad SMARTS) is 1. The van der Waals surface area contributed by atoms with E-state index < -0.39 is 5.97 Å². The molecule has 0 spiro atoms. The molecule has 0 atom stereocenters. The van der Waals surface area contributed by atoms with Crippen LogP contribution in [0.25, 0.3) is 0 Å². The Morgan fingerprint density at radius 3 is 3.06 bits per heavy atom. The largest absolute Gasteiger partial charge is 0.478 e. The van der Waals surface area contributed by atoms with Crippen molar-refractivity contribution in [3.05, 3.63) is 23.4 Å². The highest BCUT2D eigenvalue weighted by molar-refractivity contribution is 5.94. The van der Waals surface area contributed by atoms with Crippen molar-refractivity contribution >= 4 is 11.8 Å². The summed E-state index contributed by atoms with van der Waals surface area (Å²) in [6, 6.07) is 1.69. The van der Waals surface area contributed by atoms with E-state index in [2.05, 4.69) is 10.3 Å². The van der Waals surface area contributed by atoms with Crippen molar-refractivity contribution in [1.82, 2.24) is 4.98 Å². The maximum atomic E-state index is 11.1. The van der Waals surface area contributed by atoms with Crippen LogP contribution in [0.4, 0.5) is 5.82 Å². The minimum absolute atomic E-state index is 0.236. The van der Waals surface area contributed by atoms with Gasteiger partial charge in [0.05, 0.1) is 6.61 Å². The van der Waals surface area contributed by atoms with Gasteiger partial charge in [0.15, 0.2) is 0 Å². The van der Waals surface area contributed by atoms with Crippen LogP contribution in [0, 0.1) is 12.8 Å². The molecule has 0 amide bonds. The van der Waals surface area contributed by atoms with E-state index in [4.69, 9.17) is 9.84 Å². The highest BCUT2D eigenvalue weighted by Gasteiger charge is 2.21. The topological polar surface area (TPSA) is 71.5 Å². The average Bonchev–Trinajstić information content (AvgIpc) is 3.12. The third-order valence-electron chi connectivity index (χ3n) is 2.96. The Balaban J connectivity index is 1.83. The summed E-state index contributed by atoms with van der Waals surface area (Å²) in [7, 11) is 0. The van der Waals surface area contributed by atoms with Crippen LogP contribution in [0.5, 0.6) is 0 Å². The number of nitrogens with zero attached hydrogens (tertiary/aromatic N) is 1. The number of hydrogen-bond acceptors (Lipinski definition) is 4. The van der Waals surface area contributed by atoms with Crippen LogP contribution < -0.4 is 5.32 Å². The van der Waals surface area contributed by atoms with E-state index in [9.17, 15) is 4.79 Å². The number of aromatic carboxylic acids is 1. The molecule has 98 valence electrons. The van der Waals surface area contributed by atoms with Crippen molar-refractivity contribution in [2.45, 2.75) is 19.8 Å². The van der Waals surface area contributed by atoms with Crippen LogP contribution in [-0.2, 0) is 4.74 Å². The number of rotatable bonds is 7. The van der Waals surface area contributed by atoms with E-state index in [1.165, 1.54) is 12.8 Å². The lowest BCUT2D eigenvalue weighted by atomic mass is 10.1. The zero-order valence-corrected chi connectivity index (χ0v) is 10.5. The number of carbonyl (C=O) groups is 1. The summed E-state index contributed by atoms with van der Waals surface area (Å²) in [6.45, 7) is 3.73. The minimum atomic E-state index is -0.956. The second kappa shape index (κ2) is 5.82. The van der Waals surface area contributed by atoms with Crippen LogP contribution in [0.3, 0.4) is 0 Å². The van der Waals surface area contributed by atoms with Gasteiger partial charge in [-0.05, 0) is 37.3 Å². The van der Waals surface area contributed by atoms with Crippen molar-refractivity contribution < 1.29 is 14.6 Å². The van der Waals surface area contributed by atoms with Crippen LogP contribution in [0.1, 0.15) is 28.8 Å². The summed E-state index contributed by atoms with van der Waals surface area (Å²) >= 11 is 0. The predicted molar refractivity (Wildman–Crippen MR) is 68.0 cm³/mol. The molecule has 5 heteroatoms. The first-order valence-electron chi connectivity index (χ1n) is 6.19. The zero-order valence-electron chi connectivity index (χ0n) is 10.5. The lowest BCUT2D eigenvalue weighted by Gasteiger charge is -2.10. The number of anilines is 1. The summed E-state index contributed by atoms with van der Waals surface area (Å²) < 4.78 is 5.47. The van der Waals surface area contributed by atoms with E-state index in [1.807, 2.05) is 0 Å². The lowest BCUT2D eigenvalue weighted by Crippen LogP contribution is -2.15. The monoisotopic (exact) mass is 250 g/mol. The molecule has 0 aromatic carbocycles. The molecule has 0 saturated heterocycles. The second-order valence-corrected chi connectivity index (χ2v) is 4.60. The number of carboxylic acids is 1. The summed E-state index contributed by atoms with van der Waals surface area (Å²) in [4.78, 5) is 15.2. The molecule has 5 nitrogen and oxygen atoms in total. The van der Waals surface area contributed by atoms with Crippen molar-refractivity contribution in [1.29, 1.82) is 0 Å². The molecular weight excluding hydrogens is 232 g/mol. The Kier molecular flexibility index (Phi) is 4.15. The molecule has 0 bridgehead atoms. The fraction of sp³-hybridized carbons (Fsp3) is 0.538. The molecule has 0 radical (unpaired) electrons. The molecule has 1 fully saturated rings. The third kappa shape index (κ3) is 3.43. The van der Waals surface area contributed by atoms with Gasteiger partial charge in [0.25, 0.3) is 0 Å². The molecule has 1 aromatic rings. The number of nitrogens with one attached hydrogen (secondary N) is 1. The van der Waals surface area contributed by atoms with E-state index >= 15 is 0 Å². The van der Waals surface area contributed by atoms with Gasteiger partial charge in [-0.1, -0.05) is 0 Å². The Morgan fingerprint density at radius 2 is 2.39 bits per heavy atom. The Hall–Kier alpha value is -1.62. The summed E-state index contributed by atoms with van der Waals surface area (Å²) in [5, 5.41) is 12.1. The number of aromatic nitrogens is 1. The lowest BCUT2D eigenvalue weighted by molar-refractivity contribution is 0.0696. The minimum Gasteiger partial charge on any atom is -0.478 e. The molecule has 0 aliphatic heterocycles. The molecule has 1 aliphatic carbocycles. The second-order valence-electron chi connectivity index (χ2n) is 4.60. The van der Waals surface area contributed by atoms with Gasteiger partial charge in [-0.3, -0.25) is 0 Å². The standard InChI is InChI=1S/C13H18N2O3/c1-9-4-5-14-12(11(9)13(16)17)15-6-7-18-8-10-2-3-10/h4-5,10H,2-3,6-8H2,1H3,(H,14,15)(H,16,17). The van der Waals surface area contributed by atoms with E-state index in [-0.39, 0.29) is 5.56 Å². The number of hydrogen-bond donors (Lipinski definition) is 2. The molecule has 2 rings (SSSR count). The molecule has 0 unspecified atom stereocenters. The van der Waals surface area contributed by atoms with E-state index in [1.54, 1.807) is 19.2 Å². The van der Waals surface area contributed by atoms with Gasteiger partial charge in [-0.2, -0.15) is 0 Å². The fourth-order valence-electron chi connectivity index (χ4n) is 1.74. The zero-order chi connectivity index (χ0) is 13.0. The van der Waals surface area contributed by atoms with Gasteiger partial charge in [-0.15, -0.1) is 0 Å². The number of ether oxygens (including phenoxy) is 1. The summed E-state index contributed by atoms with van der Waals surface area (Å²) in [5.41, 5.74) is 0.943. The molecule has 1 heterocycles. The normalized spacial score (nSPS) is 14.5. The predicted octanol–water partition coefficient (Wildman–Crippen LogP) is 1.93. The first kappa shape index (κ1) is 12.8. The van der Waals surface area contributed by atoms with Gasteiger partial charge < -0.3 is 15.2 Å². The van der Waals surface area contributed by atoms with Gasteiger partial charge in [0, 0.05) is 19.3 Å². The highest BCUT2D eigenvalue weighted by Crippen LogP contribution is 2.28. The van der Waals surface area contributed by atoms with Crippen LogP contribution in [0.15, 0.2) is 12.3 Å². The van der Waals surface area contributed by atoms with Crippen LogP contribution in [-0.4, -0.2) is 35.8 Å². The molecular formula is C13H18N2O3. The molecule has 2 N–H and O–H groups in total. The summed E-state index contributed by atoms with van der Waals surface area (Å²) in [5.74, 6) is 0.205. The Bertz CT molecular complexity index is 430. The Labute approximate surface area is 106 Å². The first-order chi connectivity index (χ1) is 8.68. The Morgan fingerprint density at radius 1 is 1.61 bits per heavy atom. The van der Waals surface area contributed by atoms with Gasteiger partial charge in [-0.25, -0.2) is 9.78 Å². The fourth-order valence-corrected chi connectivity index (χ4v) is 1.74. The van der Waals surface area contributed by atoms with Crippen molar-refractivity contribution in [2.75, 3.05) is 25.1 Å². The van der Waals surface area contributed by atoms with E-state index in [0.717, 1.165) is 12.5 Å². The highest BCUT2D eigenvalue weighted by atomic mass is 16.5. The quantitative estimate of drug-likeness (QED) is 0.723. The smallest absolute Gasteiger partial charge is 0.339 e. The van der Waals surface area contributed by atoms with Crippen molar-refractivity contribution in [2.24, 2.45) is 5.92 Å². The van der Waals surface area contributed by atoms with E-state index in [0.29, 0.717) is 24.5 Å². The molecule has 1 aromatic heterocycles. The van der Waals surface area contributed by atoms with Crippen molar-refractivity contribution in [3.8, 4) is 0 Å². The number of pyridine rings is 1. The third-order valence-corrected chi connectivity index (χ3v) is 2.96. The van der Waals surface area contributed by atoms with Crippen LogP contribution in [0.2, 0.25) is 0 Å². The summed E-state index contributed by atoms with van der Waals surface area (Å²) in [6.07, 6.45) is 4.15. The first-order valence-corrected chi connectivity index (χ1v) is 6.19. The SMILES string of the molecule is Cc1ccnc(NCCOCC2CC2)c1C(=O)O. The average molecular weight is 250 g/mol. The molecule has 1 saturated carbocycles. The van der Waals surface area contributed by atoms with Crippen molar-refractivity contribution in [3.63, 3.8) is 0 Å². The van der Waals surface area contributed by atoms with Gasteiger partial charge >= 0.3 is 5.97 Å².